The van der Waals surface area contributed by atoms with Crippen molar-refractivity contribution in [2.45, 2.75) is 20.5 Å². The van der Waals surface area contributed by atoms with Crippen molar-refractivity contribution in [3.05, 3.63) is 83.4 Å². The van der Waals surface area contributed by atoms with Crippen LogP contribution in [-0.4, -0.2) is 0 Å². The Morgan fingerprint density at radius 1 is 0.870 bits per heavy atom. The molecule has 116 valence electrons. The zero-order chi connectivity index (χ0) is 16.2. The van der Waals surface area contributed by atoms with Crippen LogP contribution in [0, 0.1) is 13.8 Å². The first-order chi connectivity index (χ1) is 11.1. The normalized spacial score (nSPS) is 10.5. The maximum absolute atomic E-state index is 6.14. The highest BCUT2D eigenvalue weighted by atomic mass is 16.5. The second-order valence-electron chi connectivity index (χ2n) is 5.85. The van der Waals surface area contributed by atoms with Crippen molar-refractivity contribution in [3.63, 3.8) is 0 Å². The quantitative estimate of drug-likeness (QED) is 0.678. The second-order valence-corrected chi connectivity index (χ2v) is 5.85. The molecule has 0 radical (unpaired) electrons. The highest BCUT2D eigenvalue weighted by Crippen LogP contribution is 2.30. The molecule has 0 amide bonds. The third kappa shape index (κ3) is 3.54. The summed E-state index contributed by atoms with van der Waals surface area (Å²) in [6.07, 6.45) is 0. The molecule has 3 rings (SSSR count). The minimum absolute atomic E-state index is 0.577. The fourth-order valence-electron chi connectivity index (χ4n) is 2.66. The average Bonchev–Trinajstić information content (AvgIpc) is 2.55. The zero-order valence-electron chi connectivity index (χ0n) is 13.5. The van der Waals surface area contributed by atoms with Crippen LogP contribution in [0.1, 0.15) is 16.7 Å². The minimum Gasteiger partial charge on any atom is -0.489 e. The second kappa shape index (κ2) is 6.57. The van der Waals surface area contributed by atoms with E-state index in [1.54, 1.807) is 0 Å². The molecule has 0 aliphatic rings. The third-order valence-electron chi connectivity index (χ3n) is 3.93. The summed E-state index contributed by atoms with van der Waals surface area (Å²) in [6, 6.07) is 22.6. The number of hydrogen-bond acceptors (Lipinski definition) is 2. The van der Waals surface area contributed by atoms with E-state index in [9.17, 15) is 0 Å². The molecule has 0 atom stereocenters. The predicted molar refractivity (Wildman–Crippen MR) is 96.5 cm³/mol. The number of benzene rings is 3. The Labute approximate surface area is 137 Å². The van der Waals surface area contributed by atoms with Gasteiger partial charge in [-0.25, -0.2) is 0 Å². The Bertz CT molecular complexity index is 809. The summed E-state index contributed by atoms with van der Waals surface area (Å²) in [5.74, 6) is 0.906. The van der Waals surface area contributed by atoms with Gasteiger partial charge in [0, 0.05) is 11.3 Å². The molecular formula is C21H21NO. The first-order valence-corrected chi connectivity index (χ1v) is 7.77. The van der Waals surface area contributed by atoms with Crippen molar-refractivity contribution in [3.8, 4) is 16.9 Å². The third-order valence-corrected chi connectivity index (χ3v) is 3.93. The largest absolute Gasteiger partial charge is 0.489 e. The van der Waals surface area contributed by atoms with Crippen LogP contribution in [0.5, 0.6) is 5.75 Å². The van der Waals surface area contributed by atoms with E-state index < -0.39 is 0 Å². The van der Waals surface area contributed by atoms with E-state index in [1.807, 2.05) is 37.3 Å². The maximum atomic E-state index is 6.14. The van der Waals surface area contributed by atoms with Gasteiger partial charge in [0.05, 0.1) is 0 Å². The fraction of sp³-hybridized carbons (Fsp3) is 0.143. The van der Waals surface area contributed by atoms with E-state index in [1.165, 1.54) is 11.1 Å². The van der Waals surface area contributed by atoms with E-state index in [0.717, 1.165) is 28.1 Å². The summed E-state index contributed by atoms with van der Waals surface area (Å²) in [4.78, 5) is 0. The Kier molecular flexibility index (Phi) is 4.33. The maximum Gasteiger partial charge on any atom is 0.122 e. The average molecular weight is 303 g/mol. The monoisotopic (exact) mass is 303 g/mol. The predicted octanol–water partition coefficient (Wildman–Crippen LogP) is 5.13. The van der Waals surface area contributed by atoms with E-state index in [0.29, 0.717) is 6.61 Å². The molecule has 2 heteroatoms. The number of ether oxygens (including phenoxy) is 1. The van der Waals surface area contributed by atoms with E-state index in [2.05, 4.69) is 43.3 Å². The van der Waals surface area contributed by atoms with Gasteiger partial charge in [0.2, 0.25) is 0 Å². The SMILES string of the molecule is Cc1ccc(-c2ccc(OCc3ccccc3)c(C)c2)c(N)c1. The molecule has 0 aliphatic carbocycles. The molecule has 0 spiro atoms. The lowest BCUT2D eigenvalue weighted by molar-refractivity contribution is 0.304. The molecule has 3 aromatic rings. The number of hydrogen-bond donors (Lipinski definition) is 1. The number of aryl methyl sites for hydroxylation is 2. The standard InChI is InChI=1S/C21H21NO/c1-15-8-10-19(20(22)12-15)18-9-11-21(16(2)13-18)23-14-17-6-4-3-5-7-17/h3-13H,14,22H2,1-2H3. The van der Waals surface area contributed by atoms with Gasteiger partial charge >= 0.3 is 0 Å². The van der Waals surface area contributed by atoms with Crippen LogP contribution < -0.4 is 10.5 Å². The summed E-state index contributed by atoms with van der Waals surface area (Å²) in [5, 5.41) is 0. The Balaban J connectivity index is 1.80. The van der Waals surface area contributed by atoms with Gasteiger partial charge in [-0.3, -0.25) is 0 Å². The van der Waals surface area contributed by atoms with Crippen LogP contribution in [-0.2, 0) is 6.61 Å². The van der Waals surface area contributed by atoms with Gasteiger partial charge in [-0.05, 0) is 54.3 Å². The van der Waals surface area contributed by atoms with Crippen molar-refractivity contribution < 1.29 is 4.74 Å². The summed E-state index contributed by atoms with van der Waals surface area (Å²) < 4.78 is 5.93. The molecule has 0 aliphatic heterocycles. The molecule has 2 N–H and O–H groups in total. The summed E-state index contributed by atoms with van der Waals surface area (Å²) in [6.45, 7) is 4.69. The lowest BCUT2D eigenvalue weighted by Crippen LogP contribution is -1.97. The van der Waals surface area contributed by atoms with E-state index in [-0.39, 0.29) is 0 Å². The molecule has 0 saturated heterocycles. The topological polar surface area (TPSA) is 35.2 Å². The van der Waals surface area contributed by atoms with Crippen molar-refractivity contribution in [2.75, 3.05) is 5.73 Å². The Morgan fingerprint density at radius 2 is 1.65 bits per heavy atom. The number of rotatable bonds is 4. The molecule has 3 aromatic carbocycles. The van der Waals surface area contributed by atoms with E-state index in [4.69, 9.17) is 10.5 Å². The molecule has 0 saturated carbocycles. The fourth-order valence-corrected chi connectivity index (χ4v) is 2.66. The highest BCUT2D eigenvalue weighted by Gasteiger charge is 2.06. The van der Waals surface area contributed by atoms with Gasteiger partial charge in [-0.15, -0.1) is 0 Å². The molecule has 0 heterocycles. The van der Waals surface area contributed by atoms with Crippen LogP contribution in [0.4, 0.5) is 5.69 Å². The smallest absolute Gasteiger partial charge is 0.122 e. The molecule has 23 heavy (non-hydrogen) atoms. The van der Waals surface area contributed by atoms with Crippen LogP contribution >= 0.6 is 0 Å². The first-order valence-electron chi connectivity index (χ1n) is 7.77. The van der Waals surface area contributed by atoms with Gasteiger partial charge in [0.25, 0.3) is 0 Å². The van der Waals surface area contributed by atoms with E-state index >= 15 is 0 Å². The van der Waals surface area contributed by atoms with Gasteiger partial charge in [-0.2, -0.15) is 0 Å². The van der Waals surface area contributed by atoms with Gasteiger partial charge < -0.3 is 10.5 Å². The molecule has 0 aromatic heterocycles. The summed E-state index contributed by atoms with van der Waals surface area (Å²) in [5.41, 5.74) is 12.6. The van der Waals surface area contributed by atoms with Crippen LogP contribution in [0.25, 0.3) is 11.1 Å². The van der Waals surface area contributed by atoms with Gasteiger partial charge in [0.1, 0.15) is 12.4 Å². The van der Waals surface area contributed by atoms with Crippen LogP contribution in [0.15, 0.2) is 66.7 Å². The summed E-state index contributed by atoms with van der Waals surface area (Å²) in [7, 11) is 0. The van der Waals surface area contributed by atoms with Gasteiger partial charge in [-0.1, -0.05) is 48.5 Å². The molecule has 0 bridgehead atoms. The van der Waals surface area contributed by atoms with Gasteiger partial charge in [0.15, 0.2) is 0 Å². The molecular weight excluding hydrogens is 282 g/mol. The minimum atomic E-state index is 0.577. The lowest BCUT2D eigenvalue weighted by atomic mass is 10.00. The number of nitrogens with two attached hydrogens (primary N) is 1. The van der Waals surface area contributed by atoms with Crippen molar-refractivity contribution in [2.24, 2.45) is 0 Å². The Hall–Kier alpha value is -2.74. The lowest BCUT2D eigenvalue weighted by Gasteiger charge is -2.12. The number of nitrogen functional groups attached to an aromatic ring is 1. The van der Waals surface area contributed by atoms with Crippen molar-refractivity contribution in [1.82, 2.24) is 0 Å². The zero-order valence-corrected chi connectivity index (χ0v) is 13.5. The van der Waals surface area contributed by atoms with Crippen LogP contribution in [0.3, 0.4) is 0 Å². The highest BCUT2D eigenvalue weighted by molar-refractivity contribution is 5.77. The first kappa shape index (κ1) is 15.2. The van der Waals surface area contributed by atoms with Crippen LogP contribution in [0.2, 0.25) is 0 Å². The molecule has 0 unspecified atom stereocenters. The Morgan fingerprint density at radius 3 is 2.35 bits per heavy atom. The molecule has 2 nitrogen and oxygen atoms in total. The molecule has 0 fully saturated rings. The van der Waals surface area contributed by atoms with Crippen molar-refractivity contribution in [1.29, 1.82) is 0 Å². The summed E-state index contributed by atoms with van der Waals surface area (Å²) >= 11 is 0. The number of anilines is 1. The van der Waals surface area contributed by atoms with Crippen molar-refractivity contribution >= 4 is 5.69 Å².